The van der Waals surface area contributed by atoms with Crippen LogP contribution in [0.15, 0.2) is 36.4 Å². The van der Waals surface area contributed by atoms with E-state index in [9.17, 15) is 19.7 Å². The molecule has 0 bridgehead atoms. The third-order valence-corrected chi connectivity index (χ3v) is 3.60. The molecule has 0 aliphatic carbocycles. The number of nitrogens with one attached hydrogen (secondary N) is 1. The molecular weight excluding hydrogens is 356 g/mol. The Labute approximate surface area is 155 Å². The van der Waals surface area contributed by atoms with Gasteiger partial charge in [0.05, 0.1) is 37.4 Å². The van der Waals surface area contributed by atoms with Gasteiger partial charge in [0.1, 0.15) is 5.56 Å². The molecule has 9 nitrogen and oxygen atoms in total. The van der Waals surface area contributed by atoms with Crippen molar-refractivity contribution < 1.29 is 28.7 Å². The number of methoxy groups -OCH3 is 2. The summed E-state index contributed by atoms with van der Waals surface area (Å²) in [4.78, 5) is 34.8. The first kappa shape index (κ1) is 19.7. The van der Waals surface area contributed by atoms with Gasteiger partial charge in [0.25, 0.3) is 11.6 Å². The van der Waals surface area contributed by atoms with Gasteiger partial charge in [0.2, 0.25) is 0 Å². The van der Waals surface area contributed by atoms with Gasteiger partial charge in [-0.25, -0.2) is 4.79 Å². The molecule has 27 heavy (non-hydrogen) atoms. The lowest BCUT2D eigenvalue weighted by molar-refractivity contribution is -0.385. The summed E-state index contributed by atoms with van der Waals surface area (Å²) in [5.41, 5.74) is 0.0736. The van der Waals surface area contributed by atoms with Crippen molar-refractivity contribution >= 4 is 23.3 Å². The standard InChI is InChI=1S/C18H18N2O7/c1-4-27-18(22)11-5-7-12(8-6-11)19-17(21)13-9-15(25-2)16(26-3)10-14(13)20(23)24/h5-10H,4H2,1-3H3,(H,19,21). The largest absolute Gasteiger partial charge is 0.493 e. The van der Waals surface area contributed by atoms with Crippen molar-refractivity contribution in [3.63, 3.8) is 0 Å². The highest BCUT2D eigenvalue weighted by Gasteiger charge is 2.24. The van der Waals surface area contributed by atoms with Gasteiger partial charge in [-0.2, -0.15) is 0 Å². The maximum atomic E-state index is 12.5. The Morgan fingerprint density at radius 1 is 1.07 bits per heavy atom. The maximum absolute atomic E-state index is 12.5. The zero-order chi connectivity index (χ0) is 20.0. The van der Waals surface area contributed by atoms with Crippen LogP contribution in [0.3, 0.4) is 0 Å². The van der Waals surface area contributed by atoms with Crippen LogP contribution in [0.25, 0.3) is 0 Å². The van der Waals surface area contributed by atoms with Crippen LogP contribution in [0.1, 0.15) is 27.6 Å². The number of nitrogens with zero attached hydrogens (tertiary/aromatic N) is 1. The Morgan fingerprint density at radius 2 is 1.67 bits per heavy atom. The first-order valence-electron chi connectivity index (χ1n) is 7.90. The van der Waals surface area contributed by atoms with Crippen molar-refractivity contribution in [1.82, 2.24) is 0 Å². The summed E-state index contributed by atoms with van der Waals surface area (Å²) in [6.07, 6.45) is 0. The molecule has 0 saturated heterocycles. The number of carbonyl (C=O) groups excluding carboxylic acids is 2. The fourth-order valence-electron chi connectivity index (χ4n) is 2.30. The number of nitro benzene ring substituents is 1. The first-order chi connectivity index (χ1) is 12.9. The number of hydrogen-bond acceptors (Lipinski definition) is 7. The fraction of sp³-hybridized carbons (Fsp3) is 0.222. The lowest BCUT2D eigenvalue weighted by Gasteiger charge is -2.11. The Kier molecular flexibility index (Phi) is 6.32. The number of carbonyl (C=O) groups is 2. The second kappa shape index (κ2) is 8.65. The number of ether oxygens (including phenoxy) is 3. The Hall–Kier alpha value is -3.62. The molecule has 0 atom stereocenters. The number of rotatable bonds is 7. The molecule has 0 saturated carbocycles. The summed E-state index contributed by atoms with van der Waals surface area (Å²) in [5.74, 6) is -0.858. The number of nitro groups is 1. The third-order valence-electron chi connectivity index (χ3n) is 3.60. The highest BCUT2D eigenvalue weighted by molar-refractivity contribution is 6.07. The van der Waals surface area contributed by atoms with Crippen LogP contribution in [0.5, 0.6) is 11.5 Å². The summed E-state index contributed by atoms with van der Waals surface area (Å²) >= 11 is 0. The van der Waals surface area contributed by atoms with Gasteiger partial charge in [0.15, 0.2) is 11.5 Å². The van der Waals surface area contributed by atoms with Crippen LogP contribution in [-0.2, 0) is 4.74 Å². The SMILES string of the molecule is CCOC(=O)c1ccc(NC(=O)c2cc(OC)c(OC)cc2[N+](=O)[O-])cc1. The molecule has 0 fully saturated rings. The summed E-state index contributed by atoms with van der Waals surface area (Å²) in [5, 5.41) is 13.9. The highest BCUT2D eigenvalue weighted by Crippen LogP contribution is 2.34. The molecule has 2 aromatic carbocycles. The van der Waals surface area contributed by atoms with Gasteiger partial charge in [-0.15, -0.1) is 0 Å². The van der Waals surface area contributed by atoms with Crippen molar-refractivity contribution in [2.75, 3.05) is 26.1 Å². The molecule has 0 radical (unpaired) electrons. The van der Waals surface area contributed by atoms with Gasteiger partial charge < -0.3 is 19.5 Å². The molecule has 0 aliphatic rings. The van der Waals surface area contributed by atoms with E-state index in [-0.39, 0.29) is 23.7 Å². The van der Waals surface area contributed by atoms with Gasteiger partial charge in [-0.3, -0.25) is 14.9 Å². The second-order valence-electron chi connectivity index (χ2n) is 5.23. The Balaban J connectivity index is 2.29. The topological polar surface area (TPSA) is 117 Å². The molecule has 142 valence electrons. The van der Waals surface area contributed by atoms with Crippen molar-refractivity contribution in [2.45, 2.75) is 6.92 Å². The van der Waals surface area contributed by atoms with Crippen molar-refractivity contribution in [1.29, 1.82) is 0 Å². The second-order valence-corrected chi connectivity index (χ2v) is 5.23. The Morgan fingerprint density at radius 3 is 2.19 bits per heavy atom. The molecule has 2 rings (SSSR count). The molecule has 0 unspecified atom stereocenters. The maximum Gasteiger partial charge on any atom is 0.338 e. The Bertz CT molecular complexity index is 863. The monoisotopic (exact) mass is 374 g/mol. The minimum absolute atomic E-state index is 0.138. The van der Waals surface area contributed by atoms with Crippen molar-refractivity contribution in [2.24, 2.45) is 0 Å². The molecule has 1 N–H and O–H groups in total. The van der Waals surface area contributed by atoms with Gasteiger partial charge >= 0.3 is 5.97 Å². The molecule has 0 aromatic heterocycles. The summed E-state index contributed by atoms with van der Waals surface area (Å²) < 4.78 is 15.0. The minimum Gasteiger partial charge on any atom is -0.493 e. The smallest absolute Gasteiger partial charge is 0.338 e. The predicted octanol–water partition coefficient (Wildman–Crippen LogP) is 3.04. The number of anilines is 1. The number of esters is 1. The van der Waals surface area contributed by atoms with Crippen molar-refractivity contribution in [3.8, 4) is 11.5 Å². The van der Waals surface area contributed by atoms with Crippen LogP contribution in [0.4, 0.5) is 11.4 Å². The van der Waals surface area contributed by atoms with Crippen LogP contribution < -0.4 is 14.8 Å². The number of amides is 1. The van der Waals surface area contributed by atoms with E-state index in [1.165, 1.54) is 44.6 Å². The minimum atomic E-state index is -0.702. The third kappa shape index (κ3) is 4.51. The van der Waals surface area contributed by atoms with Crippen LogP contribution in [-0.4, -0.2) is 37.6 Å². The molecule has 1 amide bonds. The quantitative estimate of drug-likeness (QED) is 0.450. The molecule has 0 spiro atoms. The van der Waals surface area contributed by atoms with Crippen LogP contribution in [0.2, 0.25) is 0 Å². The molecule has 9 heteroatoms. The predicted molar refractivity (Wildman–Crippen MR) is 96.6 cm³/mol. The highest BCUT2D eigenvalue weighted by atomic mass is 16.6. The average Bonchev–Trinajstić information content (AvgIpc) is 2.67. The molecular formula is C18H18N2O7. The van der Waals surface area contributed by atoms with Crippen molar-refractivity contribution in [3.05, 3.63) is 57.6 Å². The van der Waals surface area contributed by atoms with E-state index < -0.39 is 22.5 Å². The van der Waals surface area contributed by atoms with Crippen LogP contribution >= 0.6 is 0 Å². The zero-order valence-corrected chi connectivity index (χ0v) is 15.0. The summed E-state index contributed by atoms with van der Waals surface area (Å²) in [6.45, 7) is 1.95. The van der Waals surface area contributed by atoms with E-state index in [0.29, 0.717) is 11.3 Å². The van der Waals surface area contributed by atoms with E-state index in [0.717, 1.165) is 6.07 Å². The van der Waals surface area contributed by atoms with Gasteiger partial charge in [-0.1, -0.05) is 0 Å². The fourth-order valence-corrected chi connectivity index (χ4v) is 2.30. The lowest BCUT2D eigenvalue weighted by Crippen LogP contribution is -2.14. The van der Waals surface area contributed by atoms with Gasteiger partial charge in [0, 0.05) is 11.8 Å². The van der Waals surface area contributed by atoms with E-state index in [1.807, 2.05) is 0 Å². The average molecular weight is 374 g/mol. The number of hydrogen-bond donors (Lipinski definition) is 1. The summed E-state index contributed by atoms with van der Waals surface area (Å²) in [6, 6.07) is 8.32. The molecule has 0 heterocycles. The van der Waals surface area contributed by atoms with E-state index in [4.69, 9.17) is 14.2 Å². The van der Waals surface area contributed by atoms with E-state index in [1.54, 1.807) is 6.92 Å². The first-order valence-corrected chi connectivity index (χ1v) is 7.90. The normalized spacial score (nSPS) is 10.0. The number of benzene rings is 2. The zero-order valence-electron chi connectivity index (χ0n) is 15.0. The van der Waals surface area contributed by atoms with E-state index >= 15 is 0 Å². The van der Waals surface area contributed by atoms with E-state index in [2.05, 4.69) is 5.32 Å². The summed E-state index contributed by atoms with van der Waals surface area (Å²) in [7, 11) is 2.70. The molecule has 2 aromatic rings. The van der Waals surface area contributed by atoms with Crippen LogP contribution in [0, 0.1) is 10.1 Å². The molecule has 0 aliphatic heterocycles. The lowest BCUT2D eigenvalue weighted by atomic mass is 10.1. The van der Waals surface area contributed by atoms with Gasteiger partial charge in [-0.05, 0) is 31.2 Å².